The highest BCUT2D eigenvalue weighted by Crippen LogP contribution is 2.24. The summed E-state index contributed by atoms with van der Waals surface area (Å²) in [5.41, 5.74) is 3.29. The van der Waals surface area contributed by atoms with Crippen molar-refractivity contribution in [2.75, 3.05) is 6.54 Å². The van der Waals surface area contributed by atoms with Crippen LogP contribution in [0.2, 0.25) is 0 Å². The molecule has 0 bridgehead atoms. The van der Waals surface area contributed by atoms with Crippen LogP contribution in [0.3, 0.4) is 0 Å². The van der Waals surface area contributed by atoms with E-state index in [-0.39, 0.29) is 10.6 Å². The molecule has 0 aliphatic carbocycles. The maximum atomic E-state index is 10.7. The number of fused-ring (bicyclic) bond motifs is 1. The molecule has 4 nitrogen and oxygen atoms in total. The van der Waals surface area contributed by atoms with Crippen molar-refractivity contribution in [1.82, 2.24) is 5.32 Å². The molecule has 2 rings (SSSR count). The summed E-state index contributed by atoms with van der Waals surface area (Å²) in [6, 6.07) is 3.63. The first-order valence-corrected chi connectivity index (χ1v) is 4.66. The lowest BCUT2D eigenvalue weighted by Crippen LogP contribution is -2.23. The van der Waals surface area contributed by atoms with Crippen molar-refractivity contribution in [2.24, 2.45) is 0 Å². The van der Waals surface area contributed by atoms with Gasteiger partial charge in [0, 0.05) is 18.2 Å². The molecule has 0 saturated carbocycles. The summed E-state index contributed by atoms with van der Waals surface area (Å²) in [5.74, 6) is 0. The van der Waals surface area contributed by atoms with Gasteiger partial charge in [0.05, 0.1) is 4.92 Å². The van der Waals surface area contributed by atoms with Gasteiger partial charge < -0.3 is 5.32 Å². The van der Waals surface area contributed by atoms with E-state index < -0.39 is 0 Å². The van der Waals surface area contributed by atoms with E-state index in [0.29, 0.717) is 0 Å². The summed E-state index contributed by atoms with van der Waals surface area (Å²) in [5, 5.41) is 13.9. The van der Waals surface area contributed by atoms with Crippen LogP contribution in [-0.2, 0) is 13.0 Å². The van der Waals surface area contributed by atoms with Crippen molar-refractivity contribution in [1.29, 1.82) is 0 Å². The SMILES string of the molecule is Cc1cc2c(cc1[N+](=O)[O-])CNCC2. The Morgan fingerprint density at radius 1 is 1.43 bits per heavy atom. The summed E-state index contributed by atoms with van der Waals surface area (Å²) in [4.78, 5) is 10.4. The van der Waals surface area contributed by atoms with Gasteiger partial charge in [-0.2, -0.15) is 0 Å². The van der Waals surface area contributed by atoms with Crippen molar-refractivity contribution >= 4 is 5.69 Å². The van der Waals surface area contributed by atoms with Crippen molar-refractivity contribution in [2.45, 2.75) is 19.9 Å². The van der Waals surface area contributed by atoms with Gasteiger partial charge in [-0.3, -0.25) is 10.1 Å². The van der Waals surface area contributed by atoms with Crippen LogP contribution in [-0.4, -0.2) is 11.5 Å². The Bertz CT molecular complexity index is 388. The number of hydrogen-bond donors (Lipinski definition) is 1. The summed E-state index contributed by atoms with van der Waals surface area (Å²) >= 11 is 0. The fourth-order valence-electron chi connectivity index (χ4n) is 1.84. The van der Waals surface area contributed by atoms with E-state index in [4.69, 9.17) is 0 Å². The molecule has 0 spiro atoms. The molecule has 4 heteroatoms. The van der Waals surface area contributed by atoms with Crippen LogP contribution in [0.15, 0.2) is 12.1 Å². The monoisotopic (exact) mass is 192 g/mol. The molecule has 1 aromatic carbocycles. The molecule has 14 heavy (non-hydrogen) atoms. The quantitative estimate of drug-likeness (QED) is 0.542. The first-order valence-electron chi connectivity index (χ1n) is 4.66. The van der Waals surface area contributed by atoms with E-state index in [1.165, 1.54) is 5.56 Å². The molecule has 0 fully saturated rings. The average molecular weight is 192 g/mol. The molecule has 0 amide bonds. The zero-order valence-electron chi connectivity index (χ0n) is 8.04. The molecule has 1 aliphatic heterocycles. The third-order valence-corrected chi connectivity index (χ3v) is 2.60. The normalized spacial score (nSPS) is 14.9. The minimum atomic E-state index is -0.315. The Balaban J connectivity index is 2.50. The molecule has 1 aromatic rings. The second-order valence-electron chi connectivity index (χ2n) is 3.59. The molecule has 0 unspecified atom stereocenters. The van der Waals surface area contributed by atoms with Crippen molar-refractivity contribution < 1.29 is 4.92 Å². The molecule has 1 N–H and O–H groups in total. The number of nitrogens with one attached hydrogen (secondary N) is 1. The number of hydrogen-bond acceptors (Lipinski definition) is 3. The van der Waals surface area contributed by atoms with Gasteiger partial charge in [-0.1, -0.05) is 0 Å². The highest BCUT2D eigenvalue weighted by molar-refractivity contribution is 5.47. The summed E-state index contributed by atoms with van der Waals surface area (Å²) in [7, 11) is 0. The lowest BCUT2D eigenvalue weighted by molar-refractivity contribution is -0.385. The standard InChI is InChI=1S/C10H12N2O2/c1-7-4-8-2-3-11-6-9(8)5-10(7)12(13)14/h4-5,11H,2-3,6H2,1H3. The minimum Gasteiger partial charge on any atom is -0.312 e. The van der Waals surface area contributed by atoms with Gasteiger partial charge >= 0.3 is 0 Å². The van der Waals surface area contributed by atoms with E-state index in [1.807, 2.05) is 6.07 Å². The lowest BCUT2D eigenvalue weighted by Gasteiger charge is -2.17. The van der Waals surface area contributed by atoms with Crippen LogP contribution in [0.25, 0.3) is 0 Å². The molecule has 0 atom stereocenters. The smallest absolute Gasteiger partial charge is 0.272 e. The van der Waals surface area contributed by atoms with E-state index >= 15 is 0 Å². The summed E-state index contributed by atoms with van der Waals surface area (Å²) in [6.07, 6.45) is 0.966. The Morgan fingerprint density at radius 2 is 2.21 bits per heavy atom. The third kappa shape index (κ3) is 1.48. The van der Waals surface area contributed by atoms with Gasteiger partial charge in [-0.15, -0.1) is 0 Å². The Labute approximate surface area is 82.1 Å². The van der Waals surface area contributed by atoms with Gasteiger partial charge in [0.2, 0.25) is 0 Å². The van der Waals surface area contributed by atoms with Crippen molar-refractivity contribution in [3.8, 4) is 0 Å². The molecule has 1 heterocycles. The van der Waals surface area contributed by atoms with Crippen LogP contribution < -0.4 is 5.32 Å². The topological polar surface area (TPSA) is 55.2 Å². The zero-order chi connectivity index (χ0) is 10.1. The van der Waals surface area contributed by atoms with E-state index in [2.05, 4.69) is 5.32 Å². The second kappa shape index (κ2) is 3.38. The highest BCUT2D eigenvalue weighted by Gasteiger charge is 2.16. The van der Waals surface area contributed by atoms with Gasteiger partial charge in [0.25, 0.3) is 5.69 Å². The summed E-state index contributed by atoms with van der Waals surface area (Å²) in [6.45, 7) is 3.50. The summed E-state index contributed by atoms with van der Waals surface area (Å²) < 4.78 is 0. The number of nitro groups is 1. The number of nitro benzene ring substituents is 1. The van der Waals surface area contributed by atoms with Crippen LogP contribution in [0.4, 0.5) is 5.69 Å². The van der Waals surface area contributed by atoms with Gasteiger partial charge in [-0.25, -0.2) is 0 Å². The molecule has 74 valence electrons. The minimum absolute atomic E-state index is 0.229. The first kappa shape index (κ1) is 9.15. The Hall–Kier alpha value is -1.42. The molecule has 1 aliphatic rings. The van der Waals surface area contributed by atoms with E-state index in [9.17, 15) is 10.1 Å². The zero-order valence-corrected chi connectivity index (χ0v) is 8.04. The largest absolute Gasteiger partial charge is 0.312 e. The molecule has 0 radical (unpaired) electrons. The van der Waals surface area contributed by atoms with Crippen LogP contribution in [0.1, 0.15) is 16.7 Å². The van der Waals surface area contributed by atoms with Crippen LogP contribution in [0, 0.1) is 17.0 Å². The Kier molecular flexibility index (Phi) is 2.21. The molecule has 0 aromatic heterocycles. The number of aryl methyl sites for hydroxylation is 1. The number of benzene rings is 1. The average Bonchev–Trinajstić information content (AvgIpc) is 2.16. The fourth-order valence-corrected chi connectivity index (χ4v) is 1.84. The van der Waals surface area contributed by atoms with Gasteiger partial charge in [0.15, 0.2) is 0 Å². The number of rotatable bonds is 1. The van der Waals surface area contributed by atoms with Gasteiger partial charge in [-0.05, 0) is 37.1 Å². The molecular formula is C10H12N2O2. The van der Waals surface area contributed by atoms with Gasteiger partial charge in [0.1, 0.15) is 0 Å². The highest BCUT2D eigenvalue weighted by atomic mass is 16.6. The first-order chi connectivity index (χ1) is 6.68. The van der Waals surface area contributed by atoms with E-state index in [1.54, 1.807) is 13.0 Å². The maximum Gasteiger partial charge on any atom is 0.272 e. The second-order valence-corrected chi connectivity index (χ2v) is 3.59. The Morgan fingerprint density at radius 3 is 2.93 bits per heavy atom. The number of nitrogens with zero attached hydrogens (tertiary/aromatic N) is 1. The van der Waals surface area contributed by atoms with E-state index in [0.717, 1.165) is 30.6 Å². The third-order valence-electron chi connectivity index (χ3n) is 2.60. The lowest BCUT2D eigenvalue weighted by atomic mass is 9.97. The fraction of sp³-hybridized carbons (Fsp3) is 0.400. The predicted octanol–water partition coefficient (Wildman–Crippen LogP) is 1.55. The molecular weight excluding hydrogens is 180 g/mol. The maximum absolute atomic E-state index is 10.7. The van der Waals surface area contributed by atoms with Crippen LogP contribution >= 0.6 is 0 Å². The van der Waals surface area contributed by atoms with Crippen LogP contribution in [0.5, 0.6) is 0 Å². The predicted molar refractivity (Wildman–Crippen MR) is 53.2 cm³/mol. The molecule has 0 saturated heterocycles. The van der Waals surface area contributed by atoms with Crippen molar-refractivity contribution in [3.63, 3.8) is 0 Å². The van der Waals surface area contributed by atoms with Crippen molar-refractivity contribution in [3.05, 3.63) is 38.9 Å².